The van der Waals surface area contributed by atoms with Gasteiger partial charge in [-0.05, 0) is 78.3 Å². The molecule has 0 spiro atoms. The summed E-state index contributed by atoms with van der Waals surface area (Å²) >= 11 is 0. The lowest BCUT2D eigenvalue weighted by atomic mass is 9.90. The molecule has 0 saturated heterocycles. The van der Waals surface area contributed by atoms with Crippen molar-refractivity contribution in [1.29, 1.82) is 0 Å². The summed E-state index contributed by atoms with van der Waals surface area (Å²) in [6.45, 7) is 4.52. The van der Waals surface area contributed by atoms with Crippen LogP contribution in [0.3, 0.4) is 0 Å². The molecule has 1 unspecified atom stereocenters. The third kappa shape index (κ3) is 5.28. The number of halogens is 2. The van der Waals surface area contributed by atoms with Crippen LogP contribution in [-0.2, 0) is 0 Å². The second-order valence-corrected chi connectivity index (χ2v) is 9.59. The van der Waals surface area contributed by atoms with Crippen LogP contribution in [-0.4, -0.2) is 23.7 Å². The molecule has 1 aliphatic heterocycles. The van der Waals surface area contributed by atoms with Crippen molar-refractivity contribution in [3.63, 3.8) is 0 Å². The number of hydrogen-bond acceptors (Lipinski definition) is 3. The van der Waals surface area contributed by atoms with Crippen molar-refractivity contribution in [3.05, 3.63) is 101 Å². The maximum atomic E-state index is 14.3. The van der Waals surface area contributed by atoms with Gasteiger partial charge in [-0.3, -0.25) is 0 Å². The second kappa shape index (κ2) is 11.2. The zero-order chi connectivity index (χ0) is 25.2. The topological polar surface area (TPSA) is 49.8 Å². The van der Waals surface area contributed by atoms with Gasteiger partial charge in [-0.15, -0.1) is 12.4 Å². The van der Waals surface area contributed by atoms with Gasteiger partial charge in [0.05, 0.1) is 12.2 Å². The molecule has 4 aromatic rings. The number of anilines is 2. The maximum Gasteiger partial charge on any atom is 0.339 e. The fraction of sp³-hybridized carbons (Fsp3) is 0.258. The average molecular weight is 520 g/mol. The Morgan fingerprint density at radius 1 is 1.03 bits per heavy atom. The summed E-state index contributed by atoms with van der Waals surface area (Å²) in [6.07, 6.45) is 2.84. The number of carboxylic acid groups (broad SMARTS) is 1. The molecule has 0 aromatic heterocycles. The number of aromatic carboxylic acids is 1. The van der Waals surface area contributed by atoms with Gasteiger partial charge in [0.1, 0.15) is 23.2 Å². The summed E-state index contributed by atoms with van der Waals surface area (Å²) in [7, 11) is 0. The van der Waals surface area contributed by atoms with E-state index in [4.69, 9.17) is 4.74 Å². The minimum atomic E-state index is -1.26. The molecule has 1 aliphatic rings. The normalized spacial score (nSPS) is 15.4. The summed E-state index contributed by atoms with van der Waals surface area (Å²) in [5, 5.41) is 12.1. The van der Waals surface area contributed by atoms with Crippen LogP contribution in [0.5, 0.6) is 5.75 Å². The number of carbonyl (C=O) groups is 1. The van der Waals surface area contributed by atoms with Crippen molar-refractivity contribution in [3.8, 4) is 5.75 Å². The predicted molar refractivity (Wildman–Crippen MR) is 149 cm³/mol. The first-order valence-electron chi connectivity index (χ1n) is 12.5. The average Bonchev–Trinajstić information content (AvgIpc) is 2.88. The summed E-state index contributed by atoms with van der Waals surface area (Å²) in [5.74, 6) is -0.798. The number of nitrogens with zero attached hydrogens (tertiary/aromatic N) is 1. The molecule has 192 valence electrons. The van der Waals surface area contributed by atoms with E-state index in [0.717, 1.165) is 30.7 Å². The van der Waals surface area contributed by atoms with Gasteiger partial charge in [-0.1, -0.05) is 61.5 Å². The minimum absolute atomic E-state index is 0. The SMILES string of the molecule is Cc1c(N2CC(CCC[C@H](C)c3cccc4ccccc34)Oc3ccccc32)ccc(F)c1C(=O)O.Cl. The molecule has 1 heterocycles. The number of para-hydroxylation sites is 2. The zero-order valence-electron chi connectivity index (χ0n) is 21.0. The highest BCUT2D eigenvalue weighted by Gasteiger charge is 2.29. The number of fused-ring (bicyclic) bond motifs is 2. The first-order chi connectivity index (χ1) is 17.4. The molecule has 37 heavy (non-hydrogen) atoms. The lowest BCUT2D eigenvalue weighted by Crippen LogP contribution is -2.37. The Kier molecular flexibility index (Phi) is 8.03. The molecule has 4 aromatic carbocycles. The molecular formula is C31H31ClFNO3. The van der Waals surface area contributed by atoms with Crippen molar-refractivity contribution in [1.82, 2.24) is 0 Å². The summed E-state index contributed by atoms with van der Waals surface area (Å²) in [6, 6.07) is 25.7. The zero-order valence-corrected chi connectivity index (χ0v) is 21.8. The molecule has 4 nitrogen and oxygen atoms in total. The molecule has 0 fully saturated rings. The first-order valence-corrected chi connectivity index (χ1v) is 12.5. The van der Waals surface area contributed by atoms with Crippen LogP contribution < -0.4 is 9.64 Å². The Bertz CT molecular complexity index is 1420. The van der Waals surface area contributed by atoms with Crippen LogP contribution in [0, 0.1) is 12.7 Å². The van der Waals surface area contributed by atoms with E-state index in [0.29, 0.717) is 23.7 Å². The maximum absolute atomic E-state index is 14.3. The largest absolute Gasteiger partial charge is 0.486 e. The second-order valence-electron chi connectivity index (χ2n) is 9.59. The fourth-order valence-corrected chi connectivity index (χ4v) is 5.39. The number of rotatable bonds is 7. The highest BCUT2D eigenvalue weighted by molar-refractivity contribution is 5.92. The third-order valence-corrected chi connectivity index (χ3v) is 7.24. The van der Waals surface area contributed by atoms with Crippen LogP contribution in [0.25, 0.3) is 10.8 Å². The van der Waals surface area contributed by atoms with Crippen LogP contribution >= 0.6 is 12.4 Å². The minimum Gasteiger partial charge on any atom is -0.486 e. The lowest BCUT2D eigenvalue weighted by Gasteiger charge is -2.37. The standard InChI is InChI=1S/C31H30FNO3.ClH/c1-20(24-14-8-11-22-10-3-4-13-25(22)24)9-7-12-23-19-33(28-15-5-6-16-29(28)36-23)27-18-17-26(32)30(21(27)2)31(34)35;/h3-6,8,10-11,13-18,20,23H,7,9,12,19H2,1-2H3,(H,34,35);1H/t20-,23?;/m0./s1. The predicted octanol–water partition coefficient (Wildman–Crippen LogP) is 8.28. The summed E-state index contributed by atoms with van der Waals surface area (Å²) in [4.78, 5) is 13.8. The van der Waals surface area contributed by atoms with Crippen molar-refractivity contribution in [2.24, 2.45) is 0 Å². The molecule has 0 radical (unpaired) electrons. The molecule has 5 rings (SSSR count). The molecule has 0 bridgehead atoms. The van der Waals surface area contributed by atoms with E-state index < -0.39 is 11.8 Å². The summed E-state index contributed by atoms with van der Waals surface area (Å²) < 4.78 is 20.6. The number of carboxylic acids is 1. The number of ether oxygens (including phenoxy) is 1. The van der Waals surface area contributed by atoms with Gasteiger partial charge in [-0.25, -0.2) is 9.18 Å². The molecule has 0 amide bonds. The third-order valence-electron chi connectivity index (χ3n) is 7.24. The van der Waals surface area contributed by atoms with E-state index in [1.54, 1.807) is 13.0 Å². The van der Waals surface area contributed by atoms with Crippen LogP contribution in [0.2, 0.25) is 0 Å². The van der Waals surface area contributed by atoms with Gasteiger partial charge >= 0.3 is 5.97 Å². The quantitative estimate of drug-likeness (QED) is 0.267. The Hall–Kier alpha value is -3.57. The molecule has 0 saturated carbocycles. The Balaban J connectivity index is 0.00000320. The molecule has 0 aliphatic carbocycles. The van der Waals surface area contributed by atoms with Crippen LogP contribution in [0.15, 0.2) is 78.9 Å². The Morgan fingerprint density at radius 3 is 2.57 bits per heavy atom. The van der Waals surface area contributed by atoms with Crippen LogP contribution in [0.1, 0.15) is 53.6 Å². The summed E-state index contributed by atoms with van der Waals surface area (Å²) in [5.41, 5.74) is 3.06. The number of benzene rings is 4. The number of hydrogen-bond donors (Lipinski definition) is 1. The van der Waals surface area contributed by atoms with Gasteiger partial charge in [0.25, 0.3) is 0 Å². The van der Waals surface area contributed by atoms with E-state index >= 15 is 0 Å². The van der Waals surface area contributed by atoms with Crippen molar-refractivity contribution in [2.75, 3.05) is 11.4 Å². The van der Waals surface area contributed by atoms with Gasteiger partial charge in [0.2, 0.25) is 0 Å². The highest BCUT2D eigenvalue weighted by atomic mass is 35.5. The fourth-order valence-electron chi connectivity index (χ4n) is 5.39. The van der Waals surface area contributed by atoms with Crippen LogP contribution in [0.4, 0.5) is 15.8 Å². The van der Waals surface area contributed by atoms with Gasteiger partial charge < -0.3 is 14.7 Å². The first kappa shape index (κ1) is 26.5. The molecule has 2 atom stereocenters. The van der Waals surface area contributed by atoms with E-state index in [-0.39, 0.29) is 24.1 Å². The van der Waals surface area contributed by atoms with Gasteiger partial charge in [0, 0.05) is 5.69 Å². The van der Waals surface area contributed by atoms with Gasteiger partial charge in [0.15, 0.2) is 0 Å². The molecule has 1 N–H and O–H groups in total. The Morgan fingerprint density at radius 2 is 1.76 bits per heavy atom. The monoisotopic (exact) mass is 519 g/mol. The van der Waals surface area contributed by atoms with Crippen molar-refractivity contribution < 1.29 is 19.0 Å². The van der Waals surface area contributed by atoms with E-state index in [2.05, 4.69) is 54.3 Å². The molecule has 6 heteroatoms. The highest BCUT2D eigenvalue weighted by Crippen LogP contribution is 2.41. The van der Waals surface area contributed by atoms with E-state index in [9.17, 15) is 14.3 Å². The smallest absolute Gasteiger partial charge is 0.339 e. The Labute approximate surface area is 223 Å². The molecular weight excluding hydrogens is 489 g/mol. The van der Waals surface area contributed by atoms with E-state index in [1.165, 1.54) is 22.4 Å². The van der Waals surface area contributed by atoms with Crippen molar-refractivity contribution >= 4 is 40.5 Å². The van der Waals surface area contributed by atoms with E-state index in [1.807, 2.05) is 24.3 Å². The van der Waals surface area contributed by atoms with Gasteiger partial charge in [-0.2, -0.15) is 0 Å². The lowest BCUT2D eigenvalue weighted by molar-refractivity contribution is 0.0691. The van der Waals surface area contributed by atoms with Crippen molar-refractivity contribution in [2.45, 2.75) is 45.1 Å².